The third-order valence-electron chi connectivity index (χ3n) is 13.3. The van der Waals surface area contributed by atoms with Crippen molar-refractivity contribution < 1.29 is 0 Å². The molecule has 0 radical (unpaired) electrons. The van der Waals surface area contributed by atoms with Gasteiger partial charge < -0.3 is 4.90 Å². The van der Waals surface area contributed by atoms with Gasteiger partial charge in [-0.05, 0) is 125 Å². The number of para-hydroxylation sites is 1. The summed E-state index contributed by atoms with van der Waals surface area (Å²) >= 11 is 0. The molecule has 0 aromatic heterocycles. The van der Waals surface area contributed by atoms with E-state index in [0.717, 1.165) is 17.1 Å². The Bertz CT molecular complexity index is 3030. The summed E-state index contributed by atoms with van der Waals surface area (Å²) in [7, 11) is 0. The van der Waals surface area contributed by atoms with Gasteiger partial charge in [0.15, 0.2) is 0 Å². The van der Waals surface area contributed by atoms with Crippen LogP contribution in [0.4, 0.5) is 17.1 Å². The van der Waals surface area contributed by atoms with Crippen molar-refractivity contribution in [2.75, 3.05) is 4.90 Å². The Balaban J connectivity index is 1.13. The molecule has 0 N–H and O–H groups in total. The lowest BCUT2D eigenvalue weighted by Crippen LogP contribution is -2.26. The summed E-state index contributed by atoms with van der Waals surface area (Å²) in [6, 6.07) is 74.9. The largest absolute Gasteiger partial charge is 0.310 e. The molecule has 0 bridgehead atoms. The average molecular weight is 726 g/mol. The van der Waals surface area contributed by atoms with Gasteiger partial charge in [-0.15, -0.1) is 0 Å². The van der Waals surface area contributed by atoms with E-state index >= 15 is 0 Å². The number of nitrogens with zero attached hydrogens (tertiary/aromatic N) is 1. The summed E-state index contributed by atoms with van der Waals surface area (Å²) in [5.41, 5.74) is 21.4. The fourth-order valence-electron chi connectivity index (χ4n) is 10.9. The highest BCUT2D eigenvalue weighted by Gasteiger charge is 2.51. The Morgan fingerprint density at radius 2 is 0.860 bits per heavy atom. The molecular formula is C56H39N. The van der Waals surface area contributed by atoms with Crippen LogP contribution in [0.5, 0.6) is 0 Å². The van der Waals surface area contributed by atoms with E-state index in [4.69, 9.17) is 0 Å². The lowest BCUT2D eigenvalue weighted by molar-refractivity contribution is 0.645. The third kappa shape index (κ3) is 4.29. The maximum atomic E-state index is 2.50. The van der Waals surface area contributed by atoms with Crippen LogP contribution in [0.15, 0.2) is 200 Å². The Kier molecular flexibility index (Phi) is 6.67. The van der Waals surface area contributed by atoms with Crippen molar-refractivity contribution in [1.82, 2.24) is 0 Å². The lowest BCUT2D eigenvalue weighted by atomic mass is 9.67. The highest BCUT2D eigenvalue weighted by molar-refractivity contribution is 6.10. The smallest absolute Gasteiger partial charge is 0.0726 e. The Morgan fingerprint density at radius 3 is 1.53 bits per heavy atom. The number of benzene rings is 9. The van der Waals surface area contributed by atoms with Crippen molar-refractivity contribution in [3.05, 3.63) is 234 Å². The summed E-state index contributed by atoms with van der Waals surface area (Å²) < 4.78 is 0. The van der Waals surface area contributed by atoms with E-state index in [1.165, 1.54) is 88.7 Å². The zero-order valence-corrected chi connectivity index (χ0v) is 32.0. The first kappa shape index (κ1) is 32.3. The van der Waals surface area contributed by atoms with Crippen LogP contribution < -0.4 is 4.90 Å². The van der Waals surface area contributed by atoms with E-state index in [9.17, 15) is 0 Å². The molecule has 0 fully saturated rings. The van der Waals surface area contributed by atoms with Gasteiger partial charge in [-0.3, -0.25) is 0 Å². The van der Waals surface area contributed by atoms with Crippen molar-refractivity contribution in [2.45, 2.75) is 24.7 Å². The molecule has 1 nitrogen and oxygen atoms in total. The molecule has 0 saturated carbocycles. The second-order valence-electron chi connectivity index (χ2n) is 16.4. The quantitative estimate of drug-likeness (QED) is 0.175. The Hall–Kier alpha value is -6.96. The van der Waals surface area contributed by atoms with Crippen molar-refractivity contribution in [1.29, 1.82) is 0 Å². The zero-order valence-electron chi connectivity index (χ0n) is 32.0. The average Bonchev–Trinajstić information content (AvgIpc) is 3.73. The fourth-order valence-corrected chi connectivity index (χ4v) is 10.9. The van der Waals surface area contributed by atoms with Crippen molar-refractivity contribution in [2.24, 2.45) is 0 Å². The van der Waals surface area contributed by atoms with Gasteiger partial charge in [0.25, 0.3) is 0 Å². The van der Waals surface area contributed by atoms with Crippen molar-refractivity contribution in [3.63, 3.8) is 0 Å². The molecule has 0 heterocycles. The summed E-state index contributed by atoms with van der Waals surface area (Å²) in [6.07, 6.45) is 0. The van der Waals surface area contributed by atoms with Crippen LogP contribution in [0.1, 0.15) is 47.2 Å². The Morgan fingerprint density at radius 1 is 0.333 bits per heavy atom. The summed E-state index contributed by atoms with van der Waals surface area (Å²) in [6.45, 7) is 4.78. The van der Waals surface area contributed by atoms with E-state index in [1.54, 1.807) is 0 Å². The van der Waals surface area contributed by atoms with Gasteiger partial charge in [0.1, 0.15) is 0 Å². The number of anilines is 3. The standard InChI is InChI=1S/C56H39N/c1-55(2)47-33-30-39(34-46(47)54-41(36-16-5-3-6-17-36)31-28-37-18-15-27-51(55)53(37)54)57(38-19-7-4-8-20-38)40-29-32-45-44-23-11-14-26-50(44)56(52(45)35-40)48-24-12-9-21-42(48)43-22-10-13-25-49(43)56/h3-35H,1-2H3. The molecule has 0 saturated heterocycles. The minimum Gasteiger partial charge on any atom is -0.310 e. The fraction of sp³-hybridized carbons (Fsp3) is 0.0714. The summed E-state index contributed by atoms with van der Waals surface area (Å²) in [4.78, 5) is 2.47. The van der Waals surface area contributed by atoms with Crippen LogP contribution in [0.3, 0.4) is 0 Å². The number of rotatable bonds is 4. The van der Waals surface area contributed by atoms with Crippen LogP contribution >= 0.6 is 0 Å². The number of fused-ring (bicyclic) bond motifs is 12. The van der Waals surface area contributed by atoms with Gasteiger partial charge in [-0.1, -0.05) is 178 Å². The molecular weight excluding hydrogens is 687 g/mol. The minimum absolute atomic E-state index is 0.178. The molecule has 3 aliphatic rings. The molecule has 57 heavy (non-hydrogen) atoms. The molecule has 268 valence electrons. The van der Waals surface area contributed by atoms with Gasteiger partial charge in [0.2, 0.25) is 0 Å². The van der Waals surface area contributed by atoms with Crippen molar-refractivity contribution >= 4 is 27.8 Å². The SMILES string of the molecule is CC1(C)c2ccc(N(c3ccccc3)c3ccc4c(c3)C3(c5ccccc5-c5ccccc53)c3ccccc3-4)cc2-c2c(-c3ccccc3)ccc3cccc1c23. The van der Waals surface area contributed by atoms with E-state index in [2.05, 4.69) is 219 Å². The molecule has 12 rings (SSSR count). The Labute approximate surface area is 334 Å². The van der Waals surface area contributed by atoms with Gasteiger partial charge in [-0.25, -0.2) is 0 Å². The molecule has 0 unspecified atom stereocenters. The van der Waals surface area contributed by atoms with Gasteiger partial charge in [0.05, 0.1) is 5.41 Å². The summed E-state index contributed by atoms with van der Waals surface area (Å²) in [5.74, 6) is 0. The lowest BCUT2D eigenvalue weighted by Gasteiger charge is -2.37. The predicted molar refractivity (Wildman–Crippen MR) is 238 cm³/mol. The van der Waals surface area contributed by atoms with E-state index in [0.29, 0.717) is 0 Å². The molecule has 1 spiro atoms. The van der Waals surface area contributed by atoms with E-state index < -0.39 is 5.41 Å². The molecule has 1 heteroatoms. The van der Waals surface area contributed by atoms with Crippen LogP contribution in [0.25, 0.3) is 55.3 Å². The molecule has 9 aromatic rings. The second-order valence-corrected chi connectivity index (χ2v) is 16.4. The molecule has 0 aliphatic heterocycles. The first-order valence-electron chi connectivity index (χ1n) is 20.1. The molecule has 9 aromatic carbocycles. The molecule has 0 atom stereocenters. The van der Waals surface area contributed by atoms with Crippen molar-refractivity contribution in [3.8, 4) is 44.5 Å². The maximum absolute atomic E-state index is 2.50. The van der Waals surface area contributed by atoms with E-state index in [-0.39, 0.29) is 5.41 Å². The molecule has 3 aliphatic carbocycles. The first-order chi connectivity index (χ1) is 28.0. The van der Waals surface area contributed by atoms with Crippen LogP contribution in [0.2, 0.25) is 0 Å². The van der Waals surface area contributed by atoms with Crippen LogP contribution in [-0.4, -0.2) is 0 Å². The van der Waals surface area contributed by atoms with Gasteiger partial charge in [-0.2, -0.15) is 0 Å². The third-order valence-corrected chi connectivity index (χ3v) is 13.3. The second kappa shape index (κ2) is 11.8. The minimum atomic E-state index is -0.415. The zero-order chi connectivity index (χ0) is 37.9. The molecule has 0 amide bonds. The normalized spacial score (nSPS) is 14.4. The first-order valence-corrected chi connectivity index (χ1v) is 20.1. The number of hydrogen-bond donors (Lipinski definition) is 0. The van der Waals surface area contributed by atoms with Gasteiger partial charge in [0, 0.05) is 22.5 Å². The maximum Gasteiger partial charge on any atom is 0.0726 e. The highest BCUT2D eigenvalue weighted by Crippen LogP contribution is 2.63. The predicted octanol–water partition coefficient (Wildman–Crippen LogP) is 14.6. The highest BCUT2D eigenvalue weighted by atomic mass is 15.1. The van der Waals surface area contributed by atoms with Gasteiger partial charge >= 0.3 is 0 Å². The monoisotopic (exact) mass is 725 g/mol. The van der Waals surface area contributed by atoms with E-state index in [1.807, 2.05) is 0 Å². The summed E-state index contributed by atoms with van der Waals surface area (Å²) in [5, 5.41) is 2.64. The van der Waals surface area contributed by atoms with Crippen LogP contribution in [0, 0.1) is 0 Å². The van der Waals surface area contributed by atoms with Crippen LogP contribution in [-0.2, 0) is 10.8 Å². The number of hydrogen-bond acceptors (Lipinski definition) is 1. The topological polar surface area (TPSA) is 3.24 Å².